The van der Waals surface area contributed by atoms with Crippen molar-refractivity contribution in [1.29, 1.82) is 0 Å². The van der Waals surface area contributed by atoms with Gasteiger partial charge >= 0.3 is 5.97 Å². The molecule has 0 heterocycles. The Labute approximate surface area is 104 Å². The van der Waals surface area contributed by atoms with Gasteiger partial charge in [-0.15, -0.1) is 0 Å². The first kappa shape index (κ1) is 16.4. The van der Waals surface area contributed by atoms with Crippen molar-refractivity contribution < 1.29 is 18.3 Å². The third kappa shape index (κ3) is 4.27. The van der Waals surface area contributed by atoms with E-state index in [1.165, 1.54) is 0 Å². The molecule has 102 valence electrons. The zero-order valence-corrected chi connectivity index (χ0v) is 12.0. The van der Waals surface area contributed by atoms with Gasteiger partial charge < -0.3 is 5.11 Å². The summed E-state index contributed by atoms with van der Waals surface area (Å²) in [5, 5.41) is 8.67. The van der Waals surface area contributed by atoms with Crippen LogP contribution in [0.3, 0.4) is 0 Å². The molecule has 1 N–H and O–H groups in total. The van der Waals surface area contributed by atoms with Crippen LogP contribution in [0.2, 0.25) is 0 Å². The number of nitrogens with zero attached hydrogens (tertiary/aromatic N) is 1. The first-order valence-electron chi connectivity index (χ1n) is 5.75. The van der Waals surface area contributed by atoms with Crippen LogP contribution in [-0.4, -0.2) is 54.0 Å². The molecule has 0 amide bonds. The minimum Gasteiger partial charge on any atom is -0.480 e. The molecule has 0 bridgehead atoms. The number of aliphatic carboxylic acids is 1. The first-order valence-corrected chi connectivity index (χ1v) is 7.47. The molecule has 0 unspecified atom stereocenters. The van der Waals surface area contributed by atoms with Gasteiger partial charge in [0.15, 0.2) is 9.84 Å². The third-order valence-electron chi connectivity index (χ3n) is 3.06. The standard InChI is InChI=1S/C11H23NO4S/c1-6-12(11(4,5)10(13)14)7-8-17(15,16)9(2)3/h9H,6-8H2,1-5H3,(H,13,14). The van der Waals surface area contributed by atoms with Gasteiger partial charge in [0, 0.05) is 6.54 Å². The molecule has 0 aliphatic carbocycles. The van der Waals surface area contributed by atoms with Crippen molar-refractivity contribution in [3.8, 4) is 0 Å². The Morgan fingerprint density at radius 3 is 2.12 bits per heavy atom. The van der Waals surface area contributed by atoms with Crippen molar-refractivity contribution >= 4 is 15.8 Å². The Balaban J connectivity index is 4.71. The molecule has 0 aliphatic heterocycles. The predicted octanol–water partition coefficient (Wildman–Crippen LogP) is 0.995. The lowest BCUT2D eigenvalue weighted by Gasteiger charge is -2.34. The molecule has 17 heavy (non-hydrogen) atoms. The van der Waals surface area contributed by atoms with E-state index in [1.807, 2.05) is 6.92 Å². The Kier molecular flexibility index (Phi) is 5.61. The highest BCUT2D eigenvalue weighted by Crippen LogP contribution is 2.15. The minimum atomic E-state index is -3.12. The first-order chi connectivity index (χ1) is 7.55. The van der Waals surface area contributed by atoms with E-state index in [9.17, 15) is 13.2 Å². The molecule has 0 saturated carbocycles. The molecule has 0 aromatic heterocycles. The predicted molar refractivity (Wildman–Crippen MR) is 67.9 cm³/mol. The summed E-state index contributed by atoms with van der Waals surface area (Å²) >= 11 is 0. The summed E-state index contributed by atoms with van der Waals surface area (Å²) in [4.78, 5) is 12.8. The molecule has 0 aliphatic rings. The molecule has 0 radical (unpaired) electrons. The lowest BCUT2D eigenvalue weighted by Crippen LogP contribution is -2.51. The highest BCUT2D eigenvalue weighted by atomic mass is 32.2. The van der Waals surface area contributed by atoms with Gasteiger partial charge in [-0.05, 0) is 34.2 Å². The number of sulfone groups is 1. The Morgan fingerprint density at radius 1 is 1.35 bits per heavy atom. The molecular weight excluding hydrogens is 242 g/mol. The topological polar surface area (TPSA) is 74.7 Å². The summed E-state index contributed by atoms with van der Waals surface area (Å²) in [5.74, 6) is -0.948. The molecule has 0 rings (SSSR count). The van der Waals surface area contributed by atoms with E-state index in [-0.39, 0.29) is 12.3 Å². The highest BCUT2D eigenvalue weighted by Gasteiger charge is 2.34. The maximum Gasteiger partial charge on any atom is 0.323 e. The van der Waals surface area contributed by atoms with Crippen LogP contribution in [0, 0.1) is 0 Å². The molecule has 0 atom stereocenters. The molecule has 0 aromatic carbocycles. The van der Waals surface area contributed by atoms with Crippen LogP contribution in [0.15, 0.2) is 0 Å². The second-order valence-electron chi connectivity index (χ2n) is 4.86. The molecule has 5 nitrogen and oxygen atoms in total. The lowest BCUT2D eigenvalue weighted by molar-refractivity contribution is -0.149. The van der Waals surface area contributed by atoms with E-state index < -0.39 is 26.6 Å². The largest absolute Gasteiger partial charge is 0.480 e. The molecule has 0 aromatic rings. The number of carboxylic acid groups (broad SMARTS) is 1. The number of rotatable bonds is 7. The third-order valence-corrected chi connectivity index (χ3v) is 5.25. The SMILES string of the molecule is CCN(CCS(=O)(=O)C(C)C)C(C)(C)C(=O)O. The molecule has 6 heteroatoms. The van der Waals surface area contributed by atoms with Crippen molar-refractivity contribution in [3.05, 3.63) is 0 Å². The lowest BCUT2D eigenvalue weighted by atomic mass is 10.0. The number of hydrogen-bond acceptors (Lipinski definition) is 4. The van der Waals surface area contributed by atoms with Crippen molar-refractivity contribution in [2.24, 2.45) is 0 Å². The summed E-state index contributed by atoms with van der Waals surface area (Å²) < 4.78 is 23.3. The van der Waals surface area contributed by atoms with Gasteiger partial charge in [0.2, 0.25) is 0 Å². The number of carbonyl (C=O) groups is 1. The van der Waals surface area contributed by atoms with E-state index >= 15 is 0 Å². The van der Waals surface area contributed by atoms with Crippen LogP contribution in [0.25, 0.3) is 0 Å². The fourth-order valence-electron chi connectivity index (χ4n) is 1.44. The second kappa shape index (κ2) is 5.82. The zero-order valence-electron chi connectivity index (χ0n) is 11.2. The van der Waals surface area contributed by atoms with Crippen molar-refractivity contribution in [1.82, 2.24) is 4.90 Å². The molecular formula is C11H23NO4S. The van der Waals surface area contributed by atoms with Crippen molar-refractivity contribution in [2.75, 3.05) is 18.8 Å². The van der Waals surface area contributed by atoms with Crippen molar-refractivity contribution in [2.45, 2.75) is 45.4 Å². The van der Waals surface area contributed by atoms with Crippen LogP contribution in [0.1, 0.15) is 34.6 Å². The minimum absolute atomic E-state index is 0.00475. The summed E-state index contributed by atoms with van der Waals surface area (Å²) in [6, 6.07) is 0. The summed E-state index contributed by atoms with van der Waals surface area (Å²) in [6.45, 7) is 9.01. The summed E-state index contributed by atoms with van der Waals surface area (Å²) in [6.07, 6.45) is 0. The molecule has 0 saturated heterocycles. The van der Waals surface area contributed by atoms with E-state index in [0.29, 0.717) is 6.54 Å². The number of hydrogen-bond donors (Lipinski definition) is 1. The van der Waals surface area contributed by atoms with Gasteiger partial charge in [-0.2, -0.15) is 0 Å². The van der Waals surface area contributed by atoms with E-state index in [4.69, 9.17) is 5.11 Å². The van der Waals surface area contributed by atoms with Crippen LogP contribution in [0.5, 0.6) is 0 Å². The number of carboxylic acids is 1. The maximum absolute atomic E-state index is 11.7. The van der Waals surface area contributed by atoms with Gasteiger partial charge in [0.25, 0.3) is 0 Å². The average Bonchev–Trinajstić information content (AvgIpc) is 2.17. The Hall–Kier alpha value is -0.620. The quantitative estimate of drug-likeness (QED) is 0.743. The summed E-state index contributed by atoms with van der Waals surface area (Å²) in [5.41, 5.74) is -1.04. The van der Waals surface area contributed by atoms with Crippen LogP contribution < -0.4 is 0 Å². The average molecular weight is 265 g/mol. The normalized spacial score (nSPS) is 13.4. The number of likely N-dealkylation sites (N-methyl/N-ethyl adjacent to an activating group) is 1. The maximum atomic E-state index is 11.7. The fraction of sp³-hybridized carbons (Fsp3) is 0.909. The van der Waals surface area contributed by atoms with Crippen LogP contribution in [-0.2, 0) is 14.6 Å². The van der Waals surface area contributed by atoms with Crippen molar-refractivity contribution in [3.63, 3.8) is 0 Å². The van der Waals surface area contributed by atoms with Gasteiger partial charge in [0.05, 0.1) is 11.0 Å². The summed E-state index contributed by atoms with van der Waals surface area (Å²) in [7, 11) is -3.12. The molecule has 0 fully saturated rings. The van der Waals surface area contributed by atoms with Gasteiger partial charge in [-0.25, -0.2) is 8.42 Å². The fourth-order valence-corrected chi connectivity index (χ4v) is 2.39. The zero-order chi connectivity index (χ0) is 13.9. The van der Waals surface area contributed by atoms with E-state index in [0.717, 1.165) is 0 Å². The second-order valence-corrected chi connectivity index (χ2v) is 7.54. The van der Waals surface area contributed by atoms with Gasteiger partial charge in [-0.1, -0.05) is 6.92 Å². The highest BCUT2D eigenvalue weighted by molar-refractivity contribution is 7.92. The smallest absolute Gasteiger partial charge is 0.323 e. The van der Waals surface area contributed by atoms with Gasteiger partial charge in [0.1, 0.15) is 5.54 Å². The van der Waals surface area contributed by atoms with E-state index in [2.05, 4.69) is 0 Å². The van der Waals surface area contributed by atoms with E-state index in [1.54, 1.807) is 32.6 Å². The Bertz CT molecular complexity index is 360. The molecule has 0 spiro atoms. The van der Waals surface area contributed by atoms with Crippen LogP contribution >= 0.6 is 0 Å². The van der Waals surface area contributed by atoms with Crippen LogP contribution in [0.4, 0.5) is 0 Å². The van der Waals surface area contributed by atoms with Gasteiger partial charge in [-0.3, -0.25) is 9.69 Å². The monoisotopic (exact) mass is 265 g/mol. The Morgan fingerprint density at radius 2 is 1.82 bits per heavy atom.